The van der Waals surface area contributed by atoms with E-state index in [1.165, 1.54) is 0 Å². The average Bonchev–Trinajstić information content (AvgIpc) is 3.11. The summed E-state index contributed by atoms with van der Waals surface area (Å²) in [7, 11) is 0.342. The van der Waals surface area contributed by atoms with Crippen LogP contribution in [0, 0.1) is 0 Å². The Morgan fingerprint density at radius 2 is 1.11 bits per heavy atom. The van der Waals surface area contributed by atoms with Crippen molar-refractivity contribution >= 4 is 21.1 Å². The van der Waals surface area contributed by atoms with Gasteiger partial charge in [0.05, 0.1) is 10.1 Å². The van der Waals surface area contributed by atoms with E-state index in [4.69, 9.17) is 8.85 Å². The highest BCUT2D eigenvalue weighted by atomic mass is 28.4. The maximum absolute atomic E-state index is 11.9. The summed E-state index contributed by atoms with van der Waals surface area (Å²) in [6, 6.07) is 0. The first kappa shape index (κ1) is 14.9. The summed E-state index contributed by atoms with van der Waals surface area (Å²) >= 11 is 0. The van der Waals surface area contributed by atoms with Crippen LogP contribution in [-0.2, 0) is 18.4 Å². The lowest BCUT2D eigenvalue weighted by atomic mass is 10.1. The molecule has 5 heteroatoms. The third kappa shape index (κ3) is 1.86. The Kier molecular flexibility index (Phi) is 4.28. The molecule has 2 fully saturated rings. The molecule has 0 heterocycles. The van der Waals surface area contributed by atoms with Gasteiger partial charge in [-0.15, -0.1) is 0 Å². The molecule has 2 saturated carbocycles. The van der Waals surface area contributed by atoms with E-state index in [0.717, 1.165) is 63.9 Å². The number of hydrogen-bond donors (Lipinski definition) is 0. The Balaban J connectivity index is 2.52. The molecule has 0 aromatic rings. The van der Waals surface area contributed by atoms with Crippen molar-refractivity contribution in [3.8, 4) is 0 Å². The Bertz CT molecular complexity index is 309. The highest BCUT2D eigenvalue weighted by Crippen LogP contribution is 2.63. The van der Waals surface area contributed by atoms with E-state index in [0.29, 0.717) is 0 Å². The lowest BCUT2D eigenvalue weighted by Crippen LogP contribution is -2.61. The number of hydrogen-bond acceptors (Lipinski definition) is 4. The molecule has 0 spiro atoms. The first-order valence-electron chi connectivity index (χ1n) is 7.19. The summed E-state index contributed by atoms with van der Waals surface area (Å²) in [6.07, 6.45) is 9.40. The average molecular weight is 284 g/mol. The molecule has 2 aliphatic rings. The van der Waals surface area contributed by atoms with Gasteiger partial charge in [-0.05, 0) is 25.7 Å². The second-order valence-corrected chi connectivity index (χ2v) is 10.0. The fraction of sp³-hybridized carbons (Fsp3) is 0.857. The molecule has 108 valence electrons. The van der Waals surface area contributed by atoms with Gasteiger partial charge in [0.15, 0.2) is 0 Å². The molecule has 2 aliphatic carbocycles. The Morgan fingerprint density at radius 1 is 0.789 bits per heavy atom. The van der Waals surface area contributed by atoms with E-state index in [2.05, 4.69) is 0 Å². The molecule has 0 aromatic carbocycles. The molecule has 0 atom stereocenters. The van der Waals surface area contributed by atoms with E-state index in [1.807, 2.05) is 0 Å². The van der Waals surface area contributed by atoms with Crippen molar-refractivity contribution in [3.63, 3.8) is 0 Å². The van der Waals surface area contributed by atoms with E-state index in [9.17, 15) is 9.59 Å². The molecule has 4 nitrogen and oxygen atoms in total. The zero-order chi connectivity index (χ0) is 14.0. The van der Waals surface area contributed by atoms with E-state index in [1.54, 1.807) is 14.2 Å². The number of aldehydes is 2. The minimum atomic E-state index is -2.91. The molecule has 0 radical (unpaired) electrons. The van der Waals surface area contributed by atoms with Crippen molar-refractivity contribution in [3.05, 3.63) is 0 Å². The largest absolute Gasteiger partial charge is 0.396 e. The van der Waals surface area contributed by atoms with Crippen LogP contribution in [0.1, 0.15) is 51.4 Å². The van der Waals surface area contributed by atoms with E-state index >= 15 is 0 Å². The van der Waals surface area contributed by atoms with Crippen LogP contribution in [0.2, 0.25) is 10.1 Å². The van der Waals surface area contributed by atoms with Gasteiger partial charge in [0.1, 0.15) is 12.6 Å². The van der Waals surface area contributed by atoms with Crippen LogP contribution in [0.3, 0.4) is 0 Å². The second kappa shape index (κ2) is 5.46. The summed E-state index contributed by atoms with van der Waals surface area (Å²) in [5.74, 6) is 0. The molecule has 0 bridgehead atoms. The number of carbonyl (C=O) groups excluding carboxylic acids is 2. The van der Waals surface area contributed by atoms with Crippen LogP contribution in [0.5, 0.6) is 0 Å². The van der Waals surface area contributed by atoms with Crippen LogP contribution in [0.15, 0.2) is 0 Å². The smallest absolute Gasteiger partial charge is 0.365 e. The zero-order valence-electron chi connectivity index (χ0n) is 11.9. The van der Waals surface area contributed by atoms with Gasteiger partial charge in [0.25, 0.3) is 0 Å². The molecule has 0 saturated heterocycles. The predicted molar refractivity (Wildman–Crippen MR) is 74.2 cm³/mol. The normalized spacial score (nSPS) is 25.4. The molecule has 2 rings (SSSR count). The maximum Gasteiger partial charge on any atom is 0.365 e. The summed E-state index contributed by atoms with van der Waals surface area (Å²) in [5.41, 5.74) is 0. The molecule has 19 heavy (non-hydrogen) atoms. The van der Waals surface area contributed by atoms with Crippen molar-refractivity contribution in [2.45, 2.75) is 61.4 Å². The zero-order valence-corrected chi connectivity index (χ0v) is 12.9. The minimum Gasteiger partial charge on any atom is -0.396 e. The minimum absolute atomic E-state index is 0.540. The van der Waals surface area contributed by atoms with Gasteiger partial charge in [-0.3, -0.25) is 0 Å². The molecule has 0 aliphatic heterocycles. The topological polar surface area (TPSA) is 52.6 Å². The molecule has 0 aromatic heterocycles. The number of rotatable bonds is 6. The van der Waals surface area contributed by atoms with Crippen molar-refractivity contribution in [1.29, 1.82) is 0 Å². The van der Waals surface area contributed by atoms with Crippen LogP contribution in [-0.4, -0.2) is 35.4 Å². The Hall–Kier alpha value is -0.523. The van der Waals surface area contributed by atoms with Crippen LogP contribution in [0.25, 0.3) is 0 Å². The van der Waals surface area contributed by atoms with E-state index < -0.39 is 18.6 Å². The summed E-state index contributed by atoms with van der Waals surface area (Å²) < 4.78 is 11.8. The molecular weight excluding hydrogens is 260 g/mol. The van der Waals surface area contributed by atoms with E-state index in [-0.39, 0.29) is 0 Å². The quantitative estimate of drug-likeness (QED) is 0.556. The molecule has 0 amide bonds. The third-order valence-electron chi connectivity index (χ3n) is 5.33. The monoisotopic (exact) mass is 284 g/mol. The second-order valence-electron chi connectivity index (χ2n) is 5.99. The standard InChI is InChI=1S/C14H24O4Si/c1-17-19(18-2,13(11-15)7-3-4-8-13)14(12-16)9-5-6-10-14/h11-12H,3-10H2,1-2H3. The van der Waals surface area contributed by atoms with Gasteiger partial charge >= 0.3 is 8.56 Å². The molecule has 0 unspecified atom stereocenters. The summed E-state index contributed by atoms with van der Waals surface area (Å²) in [5, 5.41) is -1.08. The Labute approximate surface area is 116 Å². The van der Waals surface area contributed by atoms with Crippen molar-refractivity contribution < 1.29 is 18.4 Å². The summed E-state index contributed by atoms with van der Waals surface area (Å²) in [6.45, 7) is 0. The first-order valence-corrected chi connectivity index (χ1v) is 9.00. The van der Waals surface area contributed by atoms with Crippen molar-refractivity contribution in [2.24, 2.45) is 0 Å². The van der Waals surface area contributed by atoms with Gasteiger partial charge < -0.3 is 18.4 Å². The van der Waals surface area contributed by atoms with Crippen LogP contribution < -0.4 is 0 Å². The van der Waals surface area contributed by atoms with Gasteiger partial charge in [-0.25, -0.2) is 0 Å². The fourth-order valence-electron chi connectivity index (χ4n) is 4.45. The molecule has 0 N–H and O–H groups in total. The Morgan fingerprint density at radius 3 is 1.32 bits per heavy atom. The maximum atomic E-state index is 11.9. The predicted octanol–water partition coefficient (Wildman–Crippen LogP) is 2.75. The highest BCUT2D eigenvalue weighted by Gasteiger charge is 2.69. The fourth-order valence-corrected chi connectivity index (χ4v) is 9.57. The van der Waals surface area contributed by atoms with Gasteiger partial charge in [0.2, 0.25) is 0 Å². The first-order chi connectivity index (χ1) is 9.16. The SMILES string of the molecule is CO[Si](OC)(C1(C=O)CCCC1)C1(C=O)CCCC1. The van der Waals surface area contributed by atoms with Gasteiger partial charge in [-0.1, -0.05) is 25.7 Å². The van der Waals surface area contributed by atoms with Crippen molar-refractivity contribution in [1.82, 2.24) is 0 Å². The third-order valence-corrected chi connectivity index (χ3v) is 10.3. The summed E-state index contributed by atoms with van der Waals surface area (Å²) in [4.78, 5) is 23.7. The van der Waals surface area contributed by atoms with Gasteiger partial charge in [-0.2, -0.15) is 0 Å². The van der Waals surface area contributed by atoms with Crippen LogP contribution in [0.4, 0.5) is 0 Å². The highest BCUT2D eigenvalue weighted by molar-refractivity contribution is 6.79. The number of carbonyl (C=O) groups is 2. The van der Waals surface area contributed by atoms with Gasteiger partial charge in [0, 0.05) is 14.2 Å². The molecular formula is C14H24O4Si. The lowest BCUT2D eigenvalue weighted by molar-refractivity contribution is -0.113. The van der Waals surface area contributed by atoms with Crippen LogP contribution >= 0.6 is 0 Å². The lowest BCUT2D eigenvalue weighted by Gasteiger charge is -2.48. The van der Waals surface area contributed by atoms with Crippen molar-refractivity contribution in [2.75, 3.05) is 14.2 Å².